The van der Waals surface area contributed by atoms with E-state index < -0.39 is 0 Å². The third-order valence-corrected chi connectivity index (χ3v) is 3.28. The second-order valence-corrected chi connectivity index (χ2v) is 4.56. The van der Waals surface area contributed by atoms with Crippen LogP contribution in [0.1, 0.15) is 25.7 Å². The molecule has 1 saturated carbocycles. The van der Waals surface area contributed by atoms with E-state index in [9.17, 15) is 0 Å². The Morgan fingerprint density at radius 1 is 1.44 bits per heavy atom. The number of aliphatic hydroxyl groups is 1. The Morgan fingerprint density at radius 2 is 2.25 bits per heavy atom. The van der Waals surface area contributed by atoms with Crippen LogP contribution in [0.3, 0.4) is 0 Å². The molecule has 4 heteroatoms. The zero-order valence-corrected chi connectivity index (χ0v) is 10.0. The van der Waals surface area contributed by atoms with Gasteiger partial charge in [0.05, 0.1) is 0 Å². The van der Waals surface area contributed by atoms with Gasteiger partial charge in [-0.2, -0.15) is 0 Å². The lowest BCUT2D eigenvalue weighted by molar-refractivity contribution is 0.282. The Morgan fingerprint density at radius 3 is 2.81 bits per heavy atom. The fourth-order valence-electron chi connectivity index (χ4n) is 1.98. The van der Waals surface area contributed by atoms with Crippen molar-refractivity contribution in [1.29, 1.82) is 0 Å². The van der Waals surface area contributed by atoms with Gasteiger partial charge in [-0.1, -0.05) is 17.7 Å². The second kappa shape index (κ2) is 5.51. The molecule has 0 atom stereocenters. The quantitative estimate of drug-likeness (QED) is 0.804. The van der Waals surface area contributed by atoms with E-state index in [0.717, 1.165) is 18.8 Å². The molecular formula is C12H17ClN2O. The van der Waals surface area contributed by atoms with E-state index in [1.807, 2.05) is 12.1 Å². The maximum atomic E-state index is 8.92. The first-order chi connectivity index (χ1) is 7.81. The van der Waals surface area contributed by atoms with Gasteiger partial charge in [0, 0.05) is 19.2 Å². The molecule has 1 aliphatic carbocycles. The fourth-order valence-corrected chi connectivity index (χ4v) is 2.14. The van der Waals surface area contributed by atoms with Crippen LogP contribution in [0, 0.1) is 0 Å². The van der Waals surface area contributed by atoms with Crippen molar-refractivity contribution >= 4 is 17.4 Å². The summed E-state index contributed by atoms with van der Waals surface area (Å²) in [4.78, 5) is 6.61. The van der Waals surface area contributed by atoms with Gasteiger partial charge < -0.3 is 10.0 Å². The lowest BCUT2D eigenvalue weighted by Crippen LogP contribution is -2.41. The predicted octanol–water partition coefficient (Wildman–Crippen LogP) is 2.48. The van der Waals surface area contributed by atoms with Crippen molar-refractivity contribution < 1.29 is 5.11 Å². The highest BCUT2D eigenvalue weighted by Crippen LogP contribution is 2.29. The number of aromatic nitrogens is 1. The molecule has 2 rings (SSSR count). The van der Waals surface area contributed by atoms with Gasteiger partial charge in [-0.25, -0.2) is 4.98 Å². The summed E-state index contributed by atoms with van der Waals surface area (Å²) in [7, 11) is 0. The minimum absolute atomic E-state index is 0.226. The van der Waals surface area contributed by atoms with Gasteiger partial charge in [0.25, 0.3) is 0 Å². The first-order valence-corrected chi connectivity index (χ1v) is 6.19. The van der Waals surface area contributed by atoms with Crippen LogP contribution in [0.5, 0.6) is 0 Å². The molecular weight excluding hydrogens is 224 g/mol. The number of rotatable bonds is 5. The third kappa shape index (κ3) is 2.66. The molecule has 1 N–H and O–H groups in total. The van der Waals surface area contributed by atoms with E-state index in [4.69, 9.17) is 16.7 Å². The number of aliphatic hydroxyl groups excluding tert-OH is 1. The highest BCUT2D eigenvalue weighted by Gasteiger charge is 2.25. The molecule has 1 heterocycles. The van der Waals surface area contributed by atoms with Crippen LogP contribution >= 0.6 is 11.6 Å². The smallest absolute Gasteiger partial charge is 0.131 e. The predicted molar refractivity (Wildman–Crippen MR) is 65.9 cm³/mol. The molecule has 1 fully saturated rings. The number of anilines is 1. The zero-order chi connectivity index (χ0) is 11.4. The van der Waals surface area contributed by atoms with Gasteiger partial charge in [-0.15, -0.1) is 0 Å². The average Bonchev–Trinajstić information content (AvgIpc) is 2.21. The van der Waals surface area contributed by atoms with E-state index in [0.29, 0.717) is 11.2 Å². The van der Waals surface area contributed by atoms with Gasteiger partial charge >= 0.3 is 0 Å². The molecule has 0 aliphatic heterocycles. The SMILES string of the molecule is OCCCN(c1cccc(Cl)n1)C1CCC1. The lowest BCUT2D eigenvalue weighted by Gasteiger charge is -2.38. The van der Waals surface area contributed by atoms with Gasteiger partial charge in [0.2, 0.25) is 0 Å². The van der Waals surface area contributed by atoms with Crippen molar-refractivity contribution in [3.05, 3.63) is 23.4 Å². The molecule has 16 heavy (non-hydrogen) atoms. The number of halogens is 1. The van der Waals surface area contributed by atoms with E-state index in [1.54, 1.807) is 6.07 Å². The van der Waals surface area contributed by atoms with Crippen molar-refractivity contribution in [2.75, 3.05) is 18.1 Å². The van der Waals surface area contributed by atoms with Crippen molar-refractivity contribution in [2.45, 2.75) is 31.7 Å². The summed E-state index contributed by atoms with van der Waals surface area (Å²) in [5.74, 6) is 0.936. The van der Waals surface area contributed by atoms with Crippen molar-refractivity contribution in [2.24, 2.45) is 0 Å². The number of nitrogens with zero attached hydrogens (tertiary/aromatic N) is 2. The highest BCUT2D eigenvalue weighted by atomic mass is 35.5. The summed E-state index contributed by atoms with van der Waals surface area (Å²) < 4.78 is 0. The molecule has 1 aliphatic rings. The van der Waals surface area contributed by atoms with Gasteiger partial charge in [0.1, 0.15) is 11.0 Å². The molecule has 0 unspecified atom stereocenters. The monoisotopic (exact) mass is 240 g/mol. The maximum absolute atomic E-state index is 8.92. The molecule has 0 spiro atoms. The minimum Gasteiger partial charge on any atom is -0.396 e. The summed E-state index contributed by atoms with van der Waals surface area (Å²) >= 11 is 5.90. The van der Waals surface area contributed by atoms with E-state index in [-0.39, 0.29) is 6.61 Å². The summed E-state index contributed by atoms with van der Waals surface area (Å²) in [6, 6.07) is 6.28. The Balaban J connectivity index is 2.10. The lowest BCUT2D eigenvalue weighted by atomic mass is 9.91. The van der Waals surface area contributed by atoms with Crippen LogP contribution in [0.25, 0.3) is 0 Å². The van der Waals surface area contributed by atoms with Crippen molar-refractivity contribution in [1.82, 2.24) is 4.98 Å². The molecule has 1 aromatic rings. The number of hydrogen-bond donors (Lipinski definition) is 1. The highest BCUT2D eigenvalue weighted by molar-refractivity contribution is 6.29. The van der Waals surface area contributed by atoms with Crippen molar-refractivity contribution in [3.8, 4) is 0 Å². The largest absolute Gasteiger partial charge is 0.396 e. The number of hydrogen-bond acceptors (Lipinski definition) is 3. The van der Waals surface area contributed by atoms with Crippen LogP contribution < -0.4 is 4.90 Å². The molecule has 0 bridgehead atoms. The summed E-state index contributed by atoms with van der Waals surface area (Å²) in [6.07, 6.45) is 4.52. The maximum Gasteiger partial charge on any atom is 0.131 e. The average molecular weight is 241 g/mol. The normalized spacial score (nSPS) is 15.9. The van der Waals surface area contributed by atoms with Crippen LogP contribution in [0.2, 0.25) is 5.15 Å². The molecule has 1 aromatic heterocycles. The van der Waals surface area contributed by atoms with E-state index >= 15 is 0 Å². The van der Waals surface area contributed by atoms with Gasteiger partial charge in [-0.3, -0.25) is 0 Å². The van der Waals surface area contributed by atoms with Crippen LogP contribution in [-0.4, -0.2) is 29.3 Å². The van der Waals surface area contributed by atoms with Crippen LogP contribution in [0.4, 0.5) is 5.82 Å². The Bertz CT molecular complexity index is 342. The second-order valence-electron chi connectivity index (χ2n) is 4.17. The zero-order valence-electron chi connectivity index (χ0n) is 9.27. The standard InChI is InChI=1S/C12H17ClN2O/c13-11-6-2-7-12(14-11)15(8-3-9-16)10-4-1-5-10/h2,6-7,10,16H,1,3-5,8-9H2. The molecule has 0 aromatic carbocycles. The summed E-state index contributed by atoms with van der Waals surface area (Å²) in [5.41, 5.74) is 0. The third-order valence-electron chi connectivity index (χ3n) is 3.07. The Kier molecular flexibility index (Phi) is 4.02. The van der Waals surface area contributed by atoms with Gasteiger partial charge in [0.15, 0.2) is 0 Å². The molecule has 88 valence electrons. The molecule has 0 saturated heterocycles. The topological polar surface area (TPSA) is 36.4 Å². The van der Waals surface area contributed by atoms with Crippen LogP contribution in [0.15, 0.2) is 18.2 Å². The van der Waals surface area contributed by atoms with Crippen LogP contribution in [-0.2, 0) is 0 Å². The van der Waals surface area contributed by atoms with Crippen molar-refractivity contribution in [3.63, 3.8) is 0 Å². The van der Waals surface area contributed by atoms with E-state index in [1.165, 1.54) is 19.3 Å². The molecule has 0 amide bonds. The Labute approximate surface area is 101 Å². The minimum atomic E-state index is 0.226. The Hall–Kier alpha value is -0.800. The number of pyridine rings is 1. The molecule has 3 nitrogen and oxygen atoms in total. The summed E-state index contributed by atoms with van der Waals surface area (Å²) in [5, 5.41) is 9.45. The first kappa shape index (κ1) is 11.7. The van der Waals surface area contributed by atoms with E-state index in [2.05, 4.69) is 9.88 Å². The first-order valence-electron chi connectivity index (χ1n) is 5.81. The fraction of sp³-hybridized carbons (Fsp3) is 0.583. The van der Waals surface area contributed by atoms with Gasteiger partial charge in [-0.05, 0) is 37.8 Å². The summed E-state index contributed by atoms with van der Waals surface area (Å²) in [6.45, 7) is 1.08. The molecule has 0 radical (unpaired) electrons.